The number of hydrogen-bond donors (Lipinski definition) is 2. The second-order valence-electron chi connectivity index (χ2n) is 13.4. The highest BCUT2D eigenvalue weighted by atomic mass is 19.4. The largest absolute Gasteiger partial charge is 0.573 e. The molecule has 7 atom stereocenters. The van der Waals surface area contributed by atoms with Gasteiger partial charge < -0.3 is 24.4 Å². The van der Waals surface area contributed by atoms with Gasteiger partial charge >= 0.3 is 6.36 Å². The molecule has 1 amide bonds. The van der Waals surface area contributed by atoms with Crippen LogP contribution in [0.15, 0.2) is 58.9 Å². The summed E-state index contributed by atoms with van der Waals surface area (Å²) in [7, 11) is 2.43. The summed E-state index contributed by atoms with van der Waals surface area (Å²) in [5.41, 5.74) is 1.31. The van der Waals surface area contributed by atoms with Crippen molar-refractivity contribution in [3.8, 4) is 0 Å². The molecule has 9 heteroatoms. The first-order chi connectivity index (χ1) is 19.4. The van der Waals surface area contributed by atoms with Crippen LogP contribution in [0.4, 0.5) is 13.2 Å². The fraction of sp³-hybridized carbons (Fsp3) is 0.594. The molecule has 2 saturated carbocycles. The number of nitrogens with zero attached hydrogens (tertiary/aromatic N) is 1. The Labute approximate surface area is 238 Å². The molecule has 1 aromatic rings. The van der Waals surface area contributed by atoms with Crippen LogP contribution >= 0.6 is 0 Å². The van der Waals surface area contributed by atoms with Gasteiger partial charge in [-0.25, -0.2) is 0 Å². The number of quaternary nitrogens is 1. The number of aliphatic hydroxyl groups is 1. The van der Waals surface area contributed by atoms with E-state index in [1.54, 1.807) is 36.4 Å². The molecule has 0 radical (unpaired) electrons. The average molecular weight is 572 g/mol. The molecule has 2 bridgehead atoms. The van der Waals surface area contributed by atoms with Crippen LogP contribution in [-0.2, 0) is 14.3 Å². The lowest BCUT2D eigenvalue weighted by Gasteiger charge is -2.62. The fourth-order valence-corrected chi connectivity index (χ4v) is 9.11. The van der Waals surface area contributed by atoms with Gasteiger partial charge in [0.25, 0.3) is 5.91 Å². The van der Waals surface area contributed by atoms with Crippen LogP contribution in [0, 0.1) is 17.3 Å². The van der Waals surface area contributed by atoms with E-state index in [1.165, 1.54) is 25.0 Å². The van der Waals surface area contributed by atoms with Gasteiger partial charge in [-0.05, 0) is 67.0 Å². The second-order valence-corrected chi connectivity index (χ2v) is 13.4. The number of alkyl halides is 3. The summed E-state index contributed by atoms with van der Waals surface area (Å²) < 4.78 is 52.0. The average Bonchev–Trinajstić information content (AvgIpc) is 3.64. The molecule has 220 valence electrons. The minimum Gasteiger partial charge on any atom is -0.400 e. The molecule has 2 aliphatic heterocycles. The van der Waals surface area contributed by atoms with Gasteiger partial charge in [-0.3, -0.25) is 4.79 Å². The normalized spacial score (nSPS) is 39.7. The third kappa shape index (κ3) is 4.38. The van der Waals surface area contributed by atoms with Gasteiger partial charge in [0.2, 0.25) is 0 Å². The van der Waals surface area contributed by atoms with Crippen molar-refractivity contribution in [2.75, 3.05) is 20.1 Å². The van der Waals surface area contributed by atoms with E-state index < -0.39 is 29.9 Å². The monoisotopic (exact) mass is 571 g/mol. The van der Waals surface area contributed by atoms with Crippen molar-refractivity contribution in [1.29, 1.82) is 0 Å². The smallest absolute Gasteiger partial charge is 0.400 e. The van der Waals surface area contributed by atoms with Crippen molar-refractivity contribution in [2.24, 2.45) is 17.3 Å². The predicted octanol–water partition coefficient (Wildman–Crippen LogP) is 5.21. The van der Waals surface area contributed by atoms with Gasteiger partial charge in [-0.15, -0.1) is 13.2 Å². The van der Waals surface area contributed by atoms with E-state index in [0.717, 1.165) is 66.3 Å². The third-order valence-electron chi connectivity index (χ3n) is 10.9. The number of nitrogens with one attached hydrogen (secondary N) is 1. The number of ether oxygens (including phenoxy) is 2. The van der Waals surface area contributed by atoms with Gasteiger partial charge in [0.15, 0.2) is 11.5 Å². The van der Waals surface area contributed by atoms with Gasteiger partial charge in [0.05, 0.1) is 32.3 Å². The zero-order valence-corrected chi connectivity index (χ0v) is 23.5. The zero-order valence-electron chi connectivity index (χ0n) is 23.5. The Morgan fingerprint density at radius 2 is 1.98 bits per heavy atom. The van der Waals surface area contributed by atoms with E-state index in [9.17, 15) is 23.1 Å². The minimum absolute atomic E-state index is 0.0813. The number of likely N-dealkylation sites (tertiary alicyclic amines) is 1. The van der Waals surface area contributed by atoms with Crippen molar-refractivity contribution in [3.63, 3.8) is 0 Å². The van der Waals surface area contributed by atoms with Crippen LogP contribution in [-0.4, -0.2) is 66.0 Å². The third-order valence-corrected chi connectivity index (χ3v) is 10.9. The zero-order chi connectivity index (χ0) is 28.8. The topological polar surface area (TPSA) is 67.8 Å². The number of halogens is 3. The Hall–Kier alpha value is -2.62. The molecular formula is C32H38F3N2O4+. The SMILES string of the molecule is CC1=CC(O)(NC(=O)C(=Cc2ccccc2)OC(F)(F)F)C2O[C@H]3CCC[C@H]4[C@H]5CC1=C2[C@@]34CC[N+]5(C)CC1CC1. The fourth-order valence-electron chi connectivity index (χ4n) is 9.11. The lowest BCUT2D eigenvalue weighted by atomic mass is 9.49. The molecule has 7 rings (SSSR count). The summed E-state index contributed by atoms with van der Waals surface area (Å²) in [6, 6.07) is 8.67. The van der Waals surface area contributed by atoms with Crippen molar-refractivity contribution in [2.45, 2.75) is 82.2 Å². The molecule has 3 unspecified atom stereocenters. The number of benzene rings is 1. The summed E-state index contributed by atoms with van der Waals surface area (Å²) in [6.07, 6.45) is 4.16. The quantitative estimate of drug-likeness (QED) is 0.213. The highest BCUT2D eigenvalue weighted by Gasteiger charge is 2.71. The van der Waals surface area contributed by atoms with Crippen molar-refractivity contribution in [3.05, 3.63) is 64.4 Å². The molecular weight excluding hydrogens is 533 g/mol. The van der Waals surface area contributed by atoms with Gasteiger partial charge in [0.1, 0.15) is 6.10 Å². The minimum atomic E-state index is -5.08. The molecule has 2 saturated heterocycles. The summed E-state index contributed by atoms with van der Waals surface area (Å²) in [6.45, 7) is 4.21. The Bertz CT molecular complexity index is 1350. The number of rotatable bonds is 6. The molecule has 2 N–H and O–H groups in total. The maximum atomic E-state index is 13.4. The first kappa shape index (κ1) is 27.2. The first-order valence-corrected chi connectivity index (χ1v) is 14.9. The molecule has 1 aromatic carbocycles. The lowest BCUT2D eigenvalue weighted by molar-refractivity contribution is -0.947. The molecule has 1 spiro atoms. The Balaban J connectivity index is 1.25. The predicted molar refractivity (Wildman–Crippen MR) is 146 cm³/mol. The van der Waals surface area contributed by atoms with Crippen LogP contribution in [0.1, 0.15) is 57.4 Å². The summed E-state index contributed by atoms with van der Waals surface area (Å²) >= 11 is 0. The number of hydrogen-bond acceptors (Lipinski definition) is 4. The van der Waals surface area contributed by atoms with E-state index in [4.69, 9.17) is 4.74 Å². The number of carbonyl (C=O) groups is 1. The van der Waals surface area contributed by atoms with Gasteiger partial charge in [-0.1, -0.05) is 36.8 Å². The molecule has 0 aromatic heterocycles. The Morgan fingerprint density at radius 3 is 2.68 bits per heavy atom. The van der Waals surface area contributed by atoms with E-state index in [1.807, 2.05) is 6.92 Å². The second kappa shape index (κ2) is 9.19. The summed E-state index contributed by atoms with van der Waals surface area (Å²) in [4.78, 5) is 13.4. The van der Waals surface area contributed by atoms with Crippen molar-refractivity contribution < 1.29 is 37.0 Å². The maximum absolute atomic E-state index is 13.4. The van der Waals surface area contributed by atoms with Crippen molar-refractivity contribution >= 4 is 12.0 Å². The number of piperidine rings is 1. The molecule has 6 nitrogen and oxygen atoms in total. The standard InChI is InChI=1S/C32H37F3N2O4/c1-19-17-31(39,36-29(38)25(41-32(33,34)35)15-20-7-4-3-5-8-20)28-27-22(19)16-24-23-9-6-10-26(40-28)30(23,27)13-14-37(24,2)18-21-11-12-21/h3-5,7-8,15,17,21,23-24,26,28,39H,6,9-14,16,18H2,1-2H3/p+1/t23-,24+,26-,28?,30+,31?,37?/m0/s1. The number of amides is 1. The van der Waals surface area contributed by atoms with Gasteiger partial charge in [0, 0.05) is 30.1 Å². The van der Waals surface area contributed by atoms with Crippen LogP contribution in [0.3, 0.4) is 0 Å². The molecule has 2 heterocycles. The highest BCUT2D eigenvalue weighted by molar-refractivity contribution is 5.96. The van der Waals surface area contributed by atoms with Crippen molar-refractivity contribution in [1.82, 2.24) is 5.32 Å². The molecule has 4 aliphatic carbocycles. The first-order valence-electron chi connectivity index (χ1n) is 14.9. The highest BCUT2D eigenvalue weighted by Crippen LogP contribution is 2.67. The van der Waals surface area contributed by atoms with Crippen LogP contribution in [0.2, 0.25) is 0 Å². The van der Waals surface area contributed by atoms with E-state index in [-0.39, 0.29) is 11.5 Å². The van der Waals surface area contributed by atoms with Crippen LogP contribution < -0.4 is 5.32 Å². The molecule has 6 aliphatic rings. The van der Waals surface area contributed by atoms with Gasteiger partial charge in [-0.2, -0.15) is 0 Å². The summed E-state index contributed by atoms with van der Waals surface area (Å²) in [5.74, 6) is -0.851. The number of carbonyl (C=O) groups excluding carboxylic acids is 1. The van der Waals surface area contributed by atoms with Crippen LogP contribution in [0.5, 0.6) is 0 Å². The summed E-state index contributed by atoms with van der Waals surface area (Å²) in [5, 5.41) is 14.6. The number of allylic oxidation sites excluding steroid dienone is 1. The van der Waals surface area contributed by atoms with E-state index in [2.05, 4.69) is 17.1 Å². The maximum Gasteiger partial charge on any atom is 0.573 e. The van der Waals surface area contributed by atoms with Crippen LogP contribution in [0.25, 0.3) is 6.08 Å². The molecule has 41 heavy (non-hydrogen) atoms. The molecule has 4 fully saturated rings. The van der Waals surface area contributed by atoms with E-state index in [0.29, 0.717) is 17.5 Å². The van der Waals surface area contributed by atoms with E-state index >= 15 is 0 Å². The Kier molecular flexibility index (Phi) is 6.10. The lowest BCUT2D eigenvalue weighted by Crippen LogP contribution is -2.69. The Morgan fingerprint density at radius 1 is 1.22 bits per heavy atom.